The van der Waals surface area contributed by atoms with Crippen molar-refractivity contribution in [2.45, 2.75) is 24.5 Å². The largest absolute Gasteiger partial charge is 0.394 e. The molecule has 0 spiro atoms. The highest BCUT2D eigenvalue weighted by Crippen LogP contribution is 2.35. The van der Waals surface area contributed by atoms with Crippen LogP contribution in [0.4, 0.5) is 8.78 Å². The Morgan fingerprint density at radius 3 is 2.76 bits per heavy atom. The molecule has 17 heavy (non-hydrogen) atoms. The summed E-state index contributed by atoms with van der Waals surface area (Å²) in [6.07, 6.45) is -4.80. The van der Waals surface area contributed by atoms with Crippen molar-refractivity contribution in [2.24, 2.45) is 0 Å². The summed E-state index contributed by atoms with van der Waals surface area (Å²) in [5.74, 6) is -0.910. The fraction of sp³-hybridized carbons (Fsp3) is 0.500. The summed E-state index contributed by atoms with van der Waals surface area (Å²) < 4.78 is 32.1. The van der Waals surface area contributed by atoms with Gasteiger partial charge in [-0.05, 0) is 0 Å². The number of H-pyrrole nitrogens is 1. The van der Waals surface area contributed by atoms with Crippen molar-refractivity contribution in [1.29, 1.82) is 0 Å². The minimum Gasteiger partial charge on any atom is -0.394 e. The quantitative estimate of drug-likeness (QED) is 0.667. The van der Waals surface area contributed by atoms with Crippen molar-refractivity contribution in [3.8, 4) is 0 Å². The lowest BCUT2D eigenvalue weighted by molar-refractivity contribution is -0.0235. The highest BCUT2D eigenvalue weighted by Gasteiger charge is 2.45. The van der Waals surface area contributed by atoms with Gasteiger partial charge in [0.2, 0.25) is 0 Å². The smallest absolute Gasteiger partial charge is 0.250 e. The topological polar surface area (TPSA) is 82.6 Å². The van der Waals surface area contributed by atoms with Crippen molar-refractivity contribution in [3.63, 3.8) is 0 Å². The number of nitrogens with one attached hydrogen (secondary N) is 1. The van der Waals surface area contributed by atoms with Gasteiger partial charge in [0.15, 0.2) is 6.17 Å². The van der Waals surface area contributed by atoms with E-state index in [0.29, 0.717) is 6.07 Å². The van der Waals surface area contributed by atoms with Crippen molar-refractivity contribution < 1.29 is 23.7 Å². The molecule has 0 aliphatic carbocycles. The lowest BCUT2D eigenvalue weighted by atomic mass is 10.0. The summed E-state index contributed by atoms with van der Waals surface area (Å²) in [5, 5.41) is 18.2. The number of ether oxygens (including phenoxy) is 1. The average Bonchev–Trinajstić information content (AvgIpc) is 2.57. The molecule has 4 unspecified atom stereocenters. The second kappa shape index (κ2) is 4.52. The van der Waals surface area contributed by atoms with Crippen LogP contribution in [0.1, 0.15) is 11.7 Å². The molecule has 0 saturated carbocycles. The van der Waals surface area contributed by atoms with Gasteiger partial charge in [-0.25, -0.2) is 8.78 Å². The number of aliphatic hydroxyl groups excluding tert-OH is 2. The summed E-state index contributed by atoms with van der Waals surface area (Å²) in [5.41, 5.74) is -0.842. The first-order valence-corrected chi connectivity index (χ1v) is 5.01. The molecule has 5 nitrogen and oxygen atoms in total. The first kappa shape index (κ1) is 12.2. The molecule has 1 aromatic rings. The minimum atomic E-state index is -1.85. The fourth-order valence-corrected chi connectivity index (χ4v) is 1.80. The van der Waals surface area contributed by atoms with Gasteiger partial charge >= 0.3 is 0 Å². The molecule has 94 valence electrons. The fourth-order valence-electron chi connectivity index (χ4n) is 1.80. The Kier molecular flexibility index (Phi) is 3.23. The number of aliphatic hydroxyl groups is 2. The van der Waals surface area contributed by atoms with E-state index < -0.39 is 42.5 Å². The lowest BCUT2D eigenvalue weighted by Crippen LogP contribution is -2.30. The molecule has 1 aliphatic heterocycles. The number of alkyl halides is 1. The van der Waals surface area contributed by atoms with Gasteiger partial charge in [0, 0.05) is 17.8 Å². The third-order valence-corrected chi connectivity index (χ3v) is 2.71. The van der Waals surface area contributed by atoms with E-state index in [9.17, 15) is 18.7 Å². The molecule has 2 heterocycles. The molecule has 0 amide bonds. The van der Waals surface area contributed by atoms with Gasteiger partial charge in [-0.15, -0.1) is 0 Å². The van der Waals surface area contributed by atoms with Crippen LogP contribution in [-0.4, -0.2) is 40.2 Å². The van der Waals surface area contributed by atoms with E-state index in [1.165, 1.54) is 0 Å². The SMILES string of the molecule is O=c1cc(F)c(C2OC(CO)C(O)C2F)c[nH]1. The summed E-state index contributed by atoms with van der Waals surface area (Å²) >= 11 is 0. The third kappa shape index (κ3) is 2.08. The van der Waals surface area contributed by atoms with E-state index in [1.54, 1.807) is 0 Å². The Labute approximate surface area is 94.7 Å². The van der Waals surface area contributed by atoms with Crippen LogP contribution >= 0.6 is 0 Å². The van der Waals surface area contributed by atoms with Crippen LogP contribution in [-0.2, 0) is 4.74 Å². The van der Waals surface area contributed by atoms with Crippen molar-refractivity contribution >= 4 is 0 Å². The van der Waals surface area contributed by atoms with Crippen LogP contribution in [0.5, 0.6) is 0 Å². The number of aromatic nitrogens is 1. The zero-order chi connectivity index (χ0) is 12.6. The molecular formula is C10H11F2NO4. The monoisotopic (exact) mass is 247 g/mol. The number of hydrogen-bond donors (Lipinski definition) is 3. The van der Waals surface area contributed by atoms with E-state index in [0.717, 1.165) is 6.20 Å². The molecule has 0 aromatic carbocycles. The van der Waals surface area contributed by atoms with Crippen LogP contribution in [0.15, 0.2) is 17.1 Å². The summed E-state index contributed by atoms with van der Waals surface area (Å²) in [7, 11) is 0. The Hall–Kier alpha value is -1.31. The minimum absolute atomic E-state index is 0.188. The predicted octanol–water partition coefficient (Wildman–Crippen LogP) is -0.355. The number of aromatic amines is 1. The number of pyridine rings is 1. The standard InChI is InChI=1S/C10H11F2NO4/c11-5-1-7(15)13-2-4(5)10-8(12)9(16)6(3-14)17-10/h1-2,6,8-10,14,16H,3H2,(H,13,15). The van der Waals surface area contributed by atoms with E-state index in [-0.39, 0.29) is 5.56 Å². The molecule has 1 fully saturated rings. The maximum absolute atomic E-state index is 13.6. The van der Waals surface area contributed by atoms with E-state index in [4.69, 9.17) is 9.84 Å². The second-order valence-electron chi connectivity index (χ2n) is 3.81. The van der Waals surface area contributed by atoms with E-state index in [2.05, 4.69) is 4.98 Å². The zero-order valence-corrected chi connectivity index (χ0v) is 8.64. The summed E-state index contributed by atoms with van der Waals surface area (Å²) in [4.78, 5) is 13.0. The highest BCUT2D eigenvalue weighted by atomic mass is 19.1. The van der Waals surface area contributed by atoms with Crippen LogP contribution < -0.4 is 5.56 Å². The summed E-state index contributed by atoms with van der Waals surface area (Å²) in [6, 6.07) is 0.671. The maximum atomic E-state index is 13.6. The molecular weight excluding hydrogens is 236 g/mol. The van der Waals surface area contributed by atoms with Crippen molar-refractivity contribution in [2.75, 3.05) is 6.61 Å². The molecule has 2 rings (SSSR count). The Morgan fingerprint density at radius 1 is 1.53 bits per heavy atom. The molecule has 0 bridgehead atoms. The lowest BCUT2D eigenvalue weighted by Gasteiger charge is -2.13. The second-order valence-corrected chi connectivity index (χ2v) is 3.81. The normalized spacial score (nSPS) is 32.9. The Bertz CT molecular complexity index is 464. The Balaban J connectivity index is 2.32. The maximum Gasteiger partial charge on any atom is 0.250 e. The molecule has 7 heteroatoms. The molecule has 0 radical (unpaired) electrons. The van der Waals surface area contributed by atoms with Gasteiger partial charge in [0.1, 0.15) is 24.1 Å². The average molecular weight is 247 g/mol. The highest BCUT2D eigenvalue weighted by molar-refractivity contribution is 5.19. The van der Waals surface area contributed by atoms with Gasteiger partial charge in [0.05, 0.1) is 6.61 Å². The van der Waals surface area contributed by atoms with Crippen molar-refractivity contribution in [3.05, 3.63) is 34.0 Å². The third-order valence-electron chi connectivity index (χ3n) is 2.71. The zero-order valence-electron chi connectivity index (χ0n) is 8.64. The van der Waals surface area contributed by atoms with Crippen LogP contribution in [0, 0.1) is 5.82 Å². The van der Waals surface area contributed by atoms with Gasteiger partial charge in [0.25, 0.3) is 5.56 Å². The first-order chi connectivity index (χ1) is 8.04. The van der Waals surface area contributed by atoms with Crippen LogP contribution in [0.3, 0.4) is 0 Å². The van der Waals surface area contributed by atoms with Crippen LogP contribution in [0.2, 0.25) is 0 Å². The number of halogens is 2. The molecule has 1 saturated heterocycles. The Morgan fingerprint density at radius 2 is 2.24 bits per heavy atom. The molecule has 4 atom stereocenters. The van der Waals surface area contributed by atoms with Gasteiger partial charge in [-0.2, -0.15) is 0 Å². The first-order valence-electron chi connectivity index (χ1n) is 5.01. The van der Waals surface area contributed by atoms with Crippen molar-refractivity contribution in [1.82, 2.24) is 4.98 Å². The van der Waals surface area contributed by atoms with Crippen LogP contribution in [0.25, 0.3) is 0 Å². The molecule has 1 aromatic heterocycles. The van der Waals surface area contributed by atoms with Gasteiger partial charge in [-0.1, -0.05) is 0 Å². The molecule has 3 N–H and O–H groups in total. The molecule has 1 aliphatic rings. The predicted molar refractivity (Wildman–Crippen MR) is 52.6 cm³/mol. The number of hydrogen-bond acceptors (Lipinski definition) is 4. The summed E-state index contributed by atoms with van der Waals surface area (Å²) in [6.45, 7) is -0.566. The number of rotatable bonds is 2. The van der Waals surface area contributed by atoms with Gasteiger partial charge in [-0.3, -0.25) is 4.79 Å². The van der Waals surface area contributed by atoms with E-state index >= 15 is 0 Å². The van der Waals surface area contributed by atoms with E-state index in [1.807, 2.05) is 0 Å². The van der Waals surface area contributed by atoms with Gasteiger partial charge < -0.3 is 19.9 Å².